The molecule has 6 heteroatoms. The summed E-state index contributed by atoms with van der Waals surface area (Å²) in [5.74, 6) is 1.34. The van der Waals surface area contributed by atoms with E-state index in [0.717, 1.165) is 57.4 Å². The Bertz CT molecular complexity index is 685. The van der Waals surface area contributed by atoms with Gasteiger partial charge in [-0.1, -0.05) is 25.3 Å². The fraction of sp³-hybridized carbons (Fsp3) is 0.773. The van der Waals surface area contributed by atoms with Crippen molar-refractivity contribution in [2.75, 3.05) is 23.7 Å². The van der Waals surface area contributed by atoms with Crippen molar-refractivity contribution in [3.8, 4) is 0 Å². The third kappa shape index (κ3) is 7.03. The van der Waals surface area contributed by atoms with Crippen LogP contribution in [0.5, 0.6) is 0 Å². The minimum Gasteiger partial charge on any atom is -0.372 e. The summed E-state index contributed by atoms with van der Waals surface area (Å²) in [7, 11) is -2.97. The summed E-state index contributed by atoms with van der Waals surface area (Å²) in [6.07, 6.45) is 8.61. The van der Waals surface area contributed by atoms with E-state index in [1.165, 1.54) is 5.56 Å². The molecule has 160 valence electrons. The highest BCUT2D eigenvalue weighted by atomic mass is 32.2. The standard InChI is InChI=1S/C22H38N2O3S/c1-18-16-24(17-19(2)27-18)21-13-12-20(15-23-21)11-9-7-6-8-10-14-28(25,26)22(3,4)5/h12-13,15,18-19H,6-11,14,16-17H2,1-5H3/t18-,19+. The number of aromatic nitrogens is 1. The predicted molar refractivity (Wildman–Crippen MR) is 117 cm³/mol. The molecule has 0 N–H and O–H groups in total. The molecule has 1 aliphatic heterocycles. The summed E-state index contributed by atoms with van der Waals surface area (Å²) in [6, 6.07) is 4.31. The Morgan fingerprint density at radius 2 is 1.64 bits per heavy atom. The van der Waals surface area contributed by atoms with E-state index < -0.39 is 14.6 Å². The Balaban J connectivity index is 1.65. The van der Waals surface area contributed by atoms with E-state index in [0.29, 0.717) is 5.75 Å². The molecular formula is C22H38N2O3S. The van der Waals surface area contributed by atoms with Crippen LogP contribution in [-0.2, 0) is 21.0 Å². The van der Waals surface area contributed by atoms with E-state index >= 15 is 0 Å². The lowest BCUT2D eigenvalue weighted by Gasteiger charge is -2.36. The van der Waals surface area contributed by atoms with Crippen LogP contribution in [-0.4, -0.2) is 49.2 Å². The number of hydrogen-bond acceptors (Lipinski definition) is 5. The van der Waals surface area contributed by atoms with Gasteiger partial charge in [0.25, 0.3) is 0 Å². The van der Waals surface area contributed by atoms with Crippen molar-refractivity contribution >= 4 is 15.7 Å². The molecule has 0 bridgehead atoms. The van der Waals surface area contributed by atoms with Crippen LogP contribution in [0.2, 0.25) is 0 Å². The lowest BCUT2D eigenvalue weighted by atomic mass is 10.1. The van der Waals surface area contributed by atoms with Gasteiger partial charge in [-0.25, -0.2) is 13.4 Å². The first-order valence-electron chi connectivity index (χ1n) is 10.7. The number of rotatable bonds is 9. The monoisotopic (exact) mass is 410 g/mol. The maximum Gasteiger partial charge on any atom is 0.155 e. The lowest BCUT2D eigenvalue weighted by molar-refractivity contribution is -0.00546. The number of ether oxygens (including phenoxy) is 1. The van der Waals surface area contributed by atoms with Crippen LogP contribution in [0.3, 0.4) is 0 Å². The van der Waals surface area contributed by atoms with Crippen LogP contribution in [0.1, 0.15) is 72.3 Å². The second-order valence-corrected chi connectivity index (χ2v) is 12.0. The van der Waals surface area contributed by atoms with Crippen molar-refractivity contribution in [2.45, 2.75) is 90.1 Å². The molecule has 2 rings (SSSR count). The minimum atomic E-state index is -2.97. The zero-order valence-corrected chi connectivity index (χ0v) is 19.1. The molecule has 2 heterocycles. The Kier molecular flexibility index (Phi) is 8.31. The van der Waals surface area contributed by atoms with E-state index in [9.17, 15) is 8.42 Å². The number of nitrogens with zero attached hydrogens (tertiary/aromatic N) is 2. The van der Waals surface area contributed by atoms with E-state index in [1.807, 2.05) is 6.20 Å². The number of morpholine rings is 1. The number of hydrogen-bond donors (Lipinski definition) is 0. The molecule has 5 nitrogen and oxygen atoms in total. The molecule has 0 aromatic carbocycles. The van der Waals surface area contributed by atoms with Gasteiger partial charge in [0.05, 0.1) is 22.7 Å². The first-order chi connectivity index (χ1) is 13.1. The van der Waals surface area contributed by atoms with E-state index in [2.05, 4.69) is 35.9 Å². The smallest absolute Gasteiger partial charge is 0.155 e. The van der Waals surface area contributed by atoms with Crippen LogP contribution in [0, 0.1) is 0 Å². The van der Waals surface area contributed by atoms with Gasteiger partial charge in [0.1, 0.15) is 5.82 Å². The van der Waals surface area contributed by atoms with Gasteiger partial charge in [0, 0.05) is 19.3 Å². The van der Waals surface area contributed by atoms with Gasteiger partial charge in [-0.3, -0.25) is 0 Å². The molecule has 1 fully saturated rings. The van der Waals surface area contributed by atoms with E-state index in [1.54, 1.807) is 20.8 Å². The molecule has 0 aliphatic carbocycles. The highest BCUT2D eigenvalue weighted by Gasteiger charge is 2.28. The van der Waals surface area contributed by atoms with Gasteiger partial charge in [-0.15, -0.1) is 0 Å². The van der Waals surface area contributed by atoms with Gasteiger partial charge >= 0.3 is 0 Å². The number of anilines is 1. The summed E-state index contributed by atoms with van der Waals surface area (Å²) >= 11 is 0. The number of unbranched alkanes of at least 4 members (excludes halogenated alkanes) is 4. The van der Waals surface area contributed by atoms with Crippen molar-refractivity contribution in [1.29, 1.82) is 0 Å². The predicted octanol–water partition coefficient (Wildman–Crippen LogP) is 4.40. The molecule has 1 saturated heterocycles. The summed E-state index contributed by atoms with van der Waals surface area (Å²) < 4.78 is 29.3. The fourth-order valence-corrected chi connectivity index (χ4v) is 4.77. The third-order valence-electron chi connectivity index (χ3n) is 5.36. The first-order valence-corrected chi connectivity index (χ1v) is 12.3. The van der Waals surface area contributed by atoms with Gasteiger partial charge in [-0.2, -0.15) is 0 Å². The summed E-state index contributed by atoms with van der Waals surface area (Å²) in [4.78, 5) is 6.95. The highest BCUT2D eigenvalue weighted by Crippen LogP contribution is 2.20. The van der Waals surface area contributed by atoms with Crippen molar-refractivity contribution in [2.24, 2.45) is 0 Å². The molecule has 2 atom stereocenters. The Hall–Kier alpha value is -1.14. The second kappa shape index (κ2) is 10.1. The van der Waals surface area contributed by atoms with Crippen LogP contribution in [0.25, 0.3) is 0 Å². The van der Waals surface area contributed by atoms with Crippen molar-refractivity contribution in [1.82, 2.24) is 4.98 Å². The van der Waals surface area contributed by atoms with Crippen molar-refractivity contribution < 1.29 is 13.2 Å². The van der Waals surface area contributed by atoms with Crippen molar-refractivity contribution in [3.63, 3.8) is 0 Å². The summed E-state index contributed by atoms with van der Waals surface area (Å²) in [6.45, 7) is 11.3. The molecule has 1 aromatic heterocycles. The molecular weight excluding hydrogens is 372 g/mol. The van der Waals surface area contributed by atoms with Crippen LogP contribution < -0.4 is 4.90 Å². The molecule has 28 heavy (non-hydrogen) atoms. The Morgan fingerprint density at radius 1 is 1.04 bits per heavy atom. The molecule has 0 amide bonds. The van der Waals surface area contributed by atoms with Crippen LogP contribution in [0.15, 0.2) is 18.3 Å². The molecule has 0 radical (unpaired) electrons. The van der Waals surface area contributed by atoms with Gasteiger partial charge in [0.2, 0.25) is 0 Å². The lowest BCUT2D eigenvalue weighted by Crippen LogP contribution is -2.45. The molecule has 1 aromatic rings. The summed E-state index contributed by atoms with van der Waals surface area (Å²) in [5, 5.41) is 0. The quantitative estimate of drug-likeness (QED) is 0.565. The van der Waals surface area contributed by atoms with Crippen molar-refractivity contribution in [3.05, 3.63) is 23.9 Å². The largest absolute Gasteiger partial charge is 0.372 e. The average Bonchev–Trinajstić information content (AvgIpc) is 2.59. The van der Waals surface area contributed by atoms with E-state index in [4.69, 9.17) is 4.74 Å². The number of aryl methyl sites for hydroxylation is 1. The van der Waals surface area contributed by atoms with Crippen LogP contribution in [0.4, 0.5) is 5.82 Å². The second-order valence-electron chi connectivity index (χ2n) is 9.14. The Morgan fingerprint density at radius 3 is 2.21 bits per heavy atom. The van der Waals surface area contributed by atoms with E-state index in [-0.39, 0.29) is 12.2 Å². The summed E-state index contributed by atoms with van der Waals surface area (Å²) in [5.41, 5.74) is 1.27. The first kappa shape index (κ1) is 23.1. The molecule has 0 saturated carbocycles. The zero-order valence-electron chi connectivity index (χ0n) is 18.3. The van der Waals surface area contributed by atoms with Gasteiger partial charge < -0.3 is 9.64 Å². The maximum absolute atomic E-state index is 12.1. The normalized spacial score (nSPS) is 21.1. The number of pyridine rings is 1. The zero-order chi connectivity index (χ0) is 20.8. The molecule has 0 spiro atoms. The highest BCUT2D eigenvalue weighted by molar-refractivity contribution is 7.92. The maximum atomic E-state index is 12.1. The van der Waals surface area contributed by atoms with Gasteiger partial charge in [0.15, 0.2) is 9.84 Å². The minimum absolute atomic E-state index is 0.239. The fourth-order valence-electron chi connectivity index (χ4n) is 3.57. The Labute approximate surface area is 171 Å². The topological polar surface area (TPSA) is 59.5 Å². The SMILES string of the molecule is C[C@@H]1CN(c2ccc(CCCCCCCS(=O)(=O)C(C)(C)C)cn2)C[C@H](C)O1. The molecule has 1 aliphatic rings. The van der Waals surface area contributed by atoms with Crippen LogP contribution >= 0.6 is 0 Å². The average molecular weight is 411 g/mol. The van der Waals surface area contributed by atoms with Gasteiger partial charge in [-0.05, 0) is 65.5 Å². The molecule has 0 unspecified atom stereocenters. The third-order valence-corrected chi connectivity index (χ3v) is 8.06. The number of sulfone groups is 1.